The first-order chi connectivity index (χ1) is 11.8. The molecule has 5 heteroatoms. The number of thiophene rings is 1. The lowest BCUT2D eigenvalue weighted by molar-refractivity contribution is 0.102. The summed E-state index contributed by atoms with van der Waals surface area (Å²) in [7, 11) is 0. The summed E-state index contributed by atoms with van der Waals surface area (Å²) in [4.78, 5) is 17.9. The van der Waals surface area contributed by atoms with E-state index in [2.05, 4.69) is 22.4 Å². The molecule has 2 heterocycles. The molecule has 24 heavy (non-hydrogen) atoms. The van der Waals surface area contributed by atoms with Gasteiger partial charge < -0.3 is 10.3 Å². The van der Waals surface area contributed by atoms with Gasteiger partial charge >= 0.3 is 0 Å². The Bertz CT molecular complexity index is 960. The summed E-state index contributed by atoms with van der Waals surface area (Å²) < 4.78 is 1.09. The van der Waals surface area contributed by atoms with Crippen LogP contribution in [0.25, 0.3) is 10.2 Å². The lowest BCUT2D eigenvalue weighted by Gasteiger charge is -2.10. The van der Waals surface area contributed by atoms with Gasteiger partial charge in [0.25, 0.3) is 5.91 Å². The number of benzene rings is 2. The quantitative estimate of drug-likeness (QED) is 0.501. The highest BCUT2D eigenvalue weighted by Gasteiger charge is 2.12. The highest BCUT2D eigenvalue weighted by atomic mass is 32.2. The van der Waals surface area contributed by atoms with Gasteiger partial charge in [-0.1, -0.05) is 42.1 Å². The van der Waals surface area contributed by atoms with Crippen molar-refractivity contribution in [3.8, 4) is 0 Å². The highest BCUT2D eigenvalue weighted by molar-refractivity contribution is 7.99. The molecule has 0 radical (unpaired) electrons. The molecule has 4 aromatic rings. The van der Waals surface area contributed by atoms with Crippen LogP contribution in [0.1, 0.15) is 10.5 Å². The van der Waals surface area contributed by atoms with Crippen molar-refractivity contribution in [1.82, 2.24) is 4.98 Å². The van der Waals surface area contributed by atoms with E-state index in [-0.39, 0.29) is 5.91 Å². The summed E-state index contributed by atoms with van der Waals surface area (Å²) in [6, 6.07) is 21.8. The maximum absolute atomic E-state index is 12.5. The second kappa shape index (κ2) is 6.55. The van der Waals surface area contributed by atoms with Crippen LogP contribution < -0.4 is 5.32 Å². The molecule has 1 amide bonds. The van der Waals surface area contributed by atoms with E-state index in [9.17, 15) is 4.79 Å². The second-order valence-electron chi connectivity index (χ2n) is 5.25. The molecule has 0 atom stereocenters. The first-order valence-corrected chi connectivity index (χ1v) is 9.19. The van der Waals surface area contributed by atoms with E-state index in [1.165, 1.54) is 0 Å². The molecular formula is C19H14N2OS2. The SMILES string of the molecule is O=C(Nc1ccccc1Sc1ccccc1)c1cc2sccc2[nH]1. The maximum atomic E-state index is 12.5. The van der Waals surface area contributed by atoms with Crippen LogP contribution in [0.15, 0.2) is 81.9 Å². The largest absolute Gasteiger partial charge is 0.350 e. The number of hydrogen-bond donors (Lipinski definition) is 2. The normalized spacial score (nSPS) is 10.8. The minimum absolute atomic E-state index is 0.125. The van der Waals surface area contributed by atoms with Crippen LogP contribution >= 0.6 is 23.1 Å². The van der Waals surface area contributed by atoms with Gasteiger partial charge in [0.2, 0.25) is 0 Å². The van der Waals surface area contributed by atoms with E-state index in [0.717, 1.165) is 25.7 Å². The van der Waals surface area contributed by atoms with Gasteiger partial charge in [-0.15, -0.1) is 11.3 Å². The number of para-hydroxylation sites is 1. The van der Waals surface area contributed by atoms with Gasteiger partial charge in [0.1, 0.15) is 5.69 Å². The van der Waals surface area contributed by atoms with Crippen LogP contribution in [-0.2, 0) is 0 Å². The molecule has 2 aromatic carbocycles. The van der Waals surface area contributed by atoms with Crippen molar-refractivity contribution >= 4 is 44.9 Å². The van der Waals surface area contributed by atoms with Crippen LogP contribution in [0.5, 0.6) is 0 Å². The van der Waals surface area contributed by atoms with Crippen molar-refractivity contribution in [2.45, 2.75) is 9.79 Å². The van der Waals surface area contributed by atoms with Gasteiger partial charge in [-0.05, 0) is 41.8 Å². The first kappa shape index (κ1) is 15.1. The predicted molar refractivity (Wildman–Crippen MR) is 101 cm³/mol. The Morgan fingerprint density at radius 3 is 2.62 bits per heavy atom. The Morgan fingerprint density at radius 1 is 1.00 bits per heavy atom. The van der Waals surface area contributed by atoms with E-state index in [1.807, 2.05) is 60.0 Å². The van der Waals surface area contributed by atoms with E-state index in [4.69, 9.17) is 0 Å². The van der Waals surface area contributed by atoms with Crippen molar-refractivity contribution in [1.29, 1.82) is 0 Å². The zero-order chi connectivity index (χ0) is 16.4. The third kappa shape index (κ3) is 3.09. The number of aromatic nitrogens is 1. The summed E-state index contributed by atoms with van der Waals surface area (Å²) in [5, 5.41) is 5.02. The van der Waals surface area contributed by atoms with Crippen molar-refractivity contribution in [3.05, 3.63) is 77.8 Å². The third-order valence-electron chi connectivity index (χ3n) is 3.59. The van der Waals surface area contributed by atoms with Crippen LogP contribution in [0, 0.1) is 0 Å². The van der Waals surface area contributed by atoms with Crippen molar-refractivity contribution < 1.29 is 4.79 Å². The average Bonchev–Trinajstić information content (AvgIpc) is 3.19. The molecule has 0 saturated carbocycles. The smallest absolute Gasteiger partial charge is 0.272 e. The summed E-state index contributed by atoms with van der Waals surface area (Å²) >= 11 is 3.26. The topological polar surface area (TPSA) is 44.9 Å². The number of H-pyrrole nitrogens is 1. The Balaban J connectivity index is 1.58. The standard InChI is InChI=1S/C19H14N2OS2/c22-19(16-12-18-15(20-16)10-11-23-18)21-14-8-4-5-9-17(14)24-13-6-2-1-3-7-13/h1-12,20H,(H,21,22). The minimum Gasteiger partial charge on any atom is -0.350 e. The summed E-state index contributed by atoms with van der Waals surface area (Å²) in [6.45, 7) is 0. The molecule has 0 aliphatic rings. The lowest BCUT2D eigenvalue weighted by atomic mass is 10.3. The van der Waals surface area contributed by atoms with Crippen molar-refractivity contribution in [2.75, 3.05) is 5.32 Å². The number of rotatable bonds is 4. The minimum atomic E-state index is -0.125. The van der Waals surface area contributed by atoms with Gasteiger partial charge in [0.05, 0.1) is 15.9 Å². The van der Waals surface area contributed by atoms with Gasteiger partial charge in [-0.2, -0.15) is 0 Å². The molecule has 4 rings (SSSR count). The van der Waals surface area contributed by atoms with Crippen molar-refractivity contribution in [3.63, 3.8) is 0 Å². The number of hydrogen-bond acceptors (Lipinski definition) is 3. The lowest BCUT2D eigenvalue weighted by Crippen LogP contribution is -2.12. The molecule has 0 spiro atoms. The Hall–Kier alpha value is -2.50. The number of carbonyl (C=O) groups is 1. The molecule has 2 N–H and O–H groups in total. The van der Waals surface area contributed by atoms with Gasteiger partial charge in [0.15, 0.2) is 0 Å². The number of anilines is 1. The Labute approximate surface area is 147 Å². The van der Waals surface area contributed by atoms with Crippen LogP contribution in [0.3, 0.4) is 0 Å². The Morgan fingerprint density at radius 2 is 1.79 bits per heavy atom. The molecule has 0 fully saturated rings. The maximum Gasteiger partial charge on any atom is 0.272 e. The summed E-state index contributed by atoms with van der Waals surface area (Å²) in [5.74, 6) is -0.125. The second-order valence-corrected chi connectivity index (χ2v) is 7.31. The van der Waals surface area contributed by atoms with E-state index in [1.54, 1.807) is 23.1 Å². The number of fused-ring (bicyclic) bond motifs is 1. The third-order valence-corrected chi connectivity index (χ3v) is 5.54. The molecule has 0 aliphatic carbocycles. The van der Waals surface area contributed by atoms with Gasteiger partial charge in [-0.25, -0.2) is 0 Å². The van der Waals surface area contributed by atoms with Crippen LogP contribution in [0.4, 0.5) is 5.69 Å². The molecule has 0 saturated heterocycles. The number of nitrogens with one attached hydrogen (secondary N) is 2. The number of aromatic amines is 1. The fraction of sp³-hybridized carbons (Fsp3) is 0. The van der Waals surface area contributed by atoms with Gasteiger partial charge in [-0.3, -0.25) is 4.79 Å². The van der Waals surface area contributed by atoms with E-state index >= 15 is 0 Å². The van der Waals surface area contributed by atoms with Gasteiger partial charge in [0, 0.05) is 9.79 Å². The molecule has 0 unspecified atom stereocenters. The van der Waals surface area contributed by atoms with E-state index in [0.29, 0.717) is 5.69 Å². The molecule has 118 valence electrons. The molecule has 0 bridgehead atoms. The van der Waals surface area contributed by atoms with E-state index < -0.39 is 0 Å². The predicted octanol–water partition coefficient (Wildman–Crippen LogP) is 5.63. The zero-order valence-electron chi connectivity index (χ0n) is 12.7. The highest BCUT2D eigenvalue weighted by Crippen LogP contribution is 2.33. The molecule has 0 aliphatic heterocycles. The van der Waals surface area contributed by atoms with Crippen LogP contribution in [0.2, 0.25) is 0 Å². The molecular weight excluding hydrogens is 336 g/mol. The zero-order valence-corrected chi connectivity index (χ0v) is 14.3. The molecule has 2 aromatic heterocycles. The van der Waals surface area contributed by atoms with Crippen LogP contribution in [-0.4, -0.2) is 10.9 Å². The number of amides is 1. The molecule has 3 nitrogen and oxygen atoms in total. The average molecular weight is 350 g/mol. The Kier molecular flexibility index (Phi) is 4.11. The first-order valence-electron chi connectivity index (χ1n) is 7.49. The summed E-state index contributed by atoms with van der Waals surface area (Å²) in [5.41, 5.74) is 2.39. The number of carbonyl (C=O) groups excluding carboxylic acids is 1. The summed E-state index contributed by atoms with van der Waals surface area (Å²) in [6.07, 6.45) is 0. The fourth-order valence-corrected chi connectivity index (χ4v) is 4.14. The van der Waals surface area contributed by atoms with Crippen molar-refractivity contribution in [2.24, 2.45) is 0 Å². The fourth-order valence-electron chi connectivity index (χ4n) is 2.43. The monoisotopic (exact) mass is 350 g/mol.